The minimum absolute atomic E-state index is 0.00515. The largest absolute Gasteiger partial charge is 0.481 e. The first-order chi connectivity index (χ1) is 12.0. The third-order valence-corrected chi connectivity index (χ3v) is 4.65. The average Bonchev–Trinajstić information content (AvgIpc) is 3.08. The van der Waals surface area contributed by atoms with E-state index in [4.69, 9.17) is 5.11 Å². The van der Waals surface area contributed by atoms with Gasteiger partial charge in [0.1, 0.15) is 0 Å². The molecule has 1 unspecified atom stereocenters. The van der Waals surface area contributed by atoms with Crippen LogP contribution in [-0.2, 0) is 9.59 Å². The Balaban J connectivity index is 1.81. The summed E-state index contributed by atoms with van der Waals surface area (Å²) in [6.07, 6.45) is 5.81. The van der Waals surface area contributed by atoms with Gasteiger partial charge in [0.15, 0.2) is 0 Å². The summed E-state index contributed by atoms with van der Waals surface area (Å²) >= 11 is 0. The highest BCUT2D eigenvalue weighted by Gasteiger charge is 2.21. The van der Waals surface area contributed by atoms with E-state index < -0.39 is 5.97 Å². The molecule has 1 fully saturated rings. The first-order valence-electron chi connectivity index (χ1n) is 8.86. The number of hydrogen-bond donors (Lipinski definition) is 3. The van der Waals surface area contributed by atoms with E-state index in [-0.39, 0.29) is 30.7 Å². The molecule has 2 rings (SSSR count). The second-order valence-electron chi connectivity index (χ2n) is 6.75. The Morgan fingerprint density at radius 3 is 2.40 bits per heavy atom. The molecule has 0 spiro atoms. The SMILES string of the molecule is CC(CC1CCCC1)C(=O)Nc1ccc(C(=O)NCCC(=O)O)cc1. The molecule has 1 aromatic rings. The number of aliphatic carboxylic acids is 1. The maximum atomic E-state index is 12.3. The molecule has 0 bridgehead atoms. The highest BCUT2D eigenvalue weighted by atomic mass is 16.4. The quantitative estimate of drug-likeness (QED) is 0.674. The lowest BCUT2D eigenvalue weighted by Crippen LogP contribution is -2.26. The lowest BCUT2D eigenvalue weighted by Gasteiger charge is -2.16. The van der Waals surface area contributed by atoms with Crippen molar-refractivity contribution in [1.82, 2.24) is 5.32 Å². The summed E-state index contributed by atoms with van der Waals surface area (Å²) in [7, 11) is 0. The van der Waals surface area contributed by atoms with Gasteiger partial charge in [-0.05, 0) is 36.6 Å². The third-order valence-electron chi connectivity index (χ3n) is 4.65. The number of amides is 2. The summed E-state index contributed by atoms with van der Waals surface area (Å²) in [6.45, 7) is 2.04. The summed E-state index contributed by atoms with van der Waals surface area (Å²) in [6, 6.07) is 6.61. The van der Waals surface area contributed by atoms with Crippen molar-refractivity contribution in [1.29, 1.82) is 0 Å². The molecular weight excluding hydrogens is 320 g/mol. The summed E-state index contributed by atoms with van der Waals surface area (Å²) < 4.78 is 0. The molecule has 6 heteroatoms. The Kier molecular flexibility index (Phi) is 6.98. The number of carbonyl (C=O) groups is 3. The smallest absolute Gasteiger partial charge is 0.305 e. The van der Waals surface area contributed by atoms with Crippen LogP contribution in [0.15, 0.2) is 24.3 Å². The molecule has 1 aliphatic rings. The predicted molar refractivity (Wildman–Crippen MR) is 95.4 cm³/mol. The van der Waals surface area contributed by atoms with Crippen LogP contribution >= 0.6 is 0 Å². The van der Waals surface area contributed by atoms with E-state index in [0.717, 1.165) is 6.42 Å². The van der Waals surface area contributed by atoms with Gasteiger partial charge < -0.3 is 15.7 Å². The van der Waals surface area contributed by atoms with Crippen molar-refractivity contribution in [2.75, 3.05) is 11.9 Å². The van der Waals surface area contributed by atoms with Gasteiger partial charge in [-0.2, -0.15) is 0 Å². The molecule has 1 aliphatic carbocycles. The molecule has 2 amide bonds. The van der Waals surface area contributed by atoms with Gasteiger partial charge in [-0.3, -0.25) is 14.4 Å². The van der Waals surface area contributed by atoms with E-state index >= 15 is 0 Å². The van der Waals surface area contributed by atoms with Crippen molar-refractivity contribution >= 4 is 23.5 Å². The lowest BCUT2D eigenvalue weighted by molar-refractivity contribution is -0.136. The van der Waals surface area contributed by atoms with E-state index in [0.29, 0.717) is 17.2 Å². The van der Waals surface area contributed by atoms with Gasteiger partial charge in [0.2, 0.25) is 5.91 Å². The number of carboxylic acids is 1. The van der Waals surface area contributed by atoms with Crippen LogP contribution in [0.5, 0.6) is 0 Å². The monoisotopic (exact) mass is 346 g/mol. The first-order valence-corrected chi connectivity index (χ1v) is 8.86. The Bertz CT molecular complexity index is 606. The van der Waals surface area contributed by atoms with Crippen LogP contribution in [0.4, 0.5) is 5.69 Å². The van der Waals surface area contributed by atoms with Gasteiger partial charge in [0, 0.05) is 23.7 Å². The van der Waals surface area contributed by atoms with Crippen molar-refractivity contribution in [3.63, 3.8) is 0 Å². The van der Waals surface area contributed by atoms with Crippen molar-refractivity contribution in [2.24, 2.45) is 11.8 Å². The minimum atomic E-state index is -0.954. The number of carboxylic acid groups (broad SMARTS) is 1. The molecule has 1 atom stereocenters. The molecule has 1 saturated carbocycles. The second-order valence-corrected chi connectivity index (χ2v) is 6.75. The van der Waals surface area contributed by atoms with Gasteiger partial charge in [-0.1, -0.05) is 32.6 Å². The number of anilines is 1. The normalized spacial score (nSPS) is 15.6. The summed E-state index contributed by atoms with van der Waals surface area (Å²) in [5.41, 5.74) is 1.09. The fourth-order valence-corrected chi connectivity index (χ4v) is 3.21. The van der Waals surface area contributed by atoms with Gasteiger partial charge in [-0.25, -0.2) is 0 Å². The number of carbonyl (C=O) groups excluding carboxylic acids is 2. The predicted octanol–water partition coefficient (Wildman–Crippen LogP) is 3.05. The zero-order chi connectivity index (χ0) is 18.2. The second kappa shape index (κ2) is 9.20. The van der Waals surface area contributed by atoms with Crippen LogP contribution in [0.1, 0.15) is 55.8 Å². The van der Waals surface area contributed by atoms with Crippen LogP contribution < -0.4 is 10.6 Å². The van der Waals surface area contributed by atoms with E-state index in [2.05, 4.69) is 10.6 Å². The zero-order valence-electron chi connectivity index (χ0n) is 14.6. The topological polar surface area (TPSA) is 95.5 Å². The maximum Gasteiger partial charge on any atom is 0.305 e. The lowest BCUT2D eigenvalue weighted by atomic mass is 9.94. The molecule has 0 saturated heterocycles. The van der Waals surface area contributed by atoms with Crippen LogP contribution in [0.25, 0.3) is 0 Å². The number of hydrogen-bond acceptors (Lipinski definition) is 3. The van der Waals surface area contributed by atoms with Crippen molar-refractivity contribution in [2.45, 2.75) is 45.4 Å². The Hall–Kier alpha value is -2.37. The fraction of sp³-hybridized carbons (Fsp3) is 0.526. The summed E-state index contributed by atoms with van der Waals surface area (Å²) in [4.78, 5) is 34.6. The van der Waals surface area contributed by atoms with E-state index in [1.54, 1.807) is 24.3 Å². The highest BCUT2D eigenvalue weighted by Crippen LogP contribution is 2.30. The highest BCUT2D eigenvalue weighted by molar-refractivity contribution is 5.96. The number of nitrogens with one attached hydrogen (secondary N) is 2. The molecule has 136 valence electrons. The molecule has 0 aromatic heterocycles. The van der Waals surface area contributed by atoms with E-state index in [9.17, 15) is 14.4 Å². The first kappa shape index (κ1) is 19.0. The fourth-order valence-electron chi connectivity index (χ4n) is 3.21. The average molecular weight is 346 g/mol. The van der Waals surface area contributed by atoms with E-state index in [1.807, 2.05) is 6.92 Å². The van der Waals surface area contributed by atoms with E-state index in [1.165, 1.54) is 25.7 Å². The molecular formula is C19H26N2O4. The molecule has 6 nitrogen and oxygen atoms in total. The Morgan fingerprint density at radius 2 is 1.80 bits per heavy atom. The van der Waals surface area contributed by atoms with Gasteiger partial charge in [0.05, 0.1) is 6.42 Å². The molecule has 1 aromatic carbocycles. The van der Waals surface area contributed by atoms with Crippen molar-refractivity contribution in [3.05, 3.63) is 29.8 Å². The summed E-state index contributed by atoms with van der Waals surface area (Å²) in [5.74, 6) is -0.635. The van der Waals surface area contributed by atoms with Gasteiger partial charge >= 0.3 is 5.97 Å². The number of rotatable bonds is 8. The summed E-state index contributed by atoms with van der Waals surface area (Å²) in [5, 5.41) is 14.0. The maximum absolute atomic E-state index is 12.3. The third kappa shape index (κ3) is 6.21. The van der Waals surface area contributed by atoms with Crippen LogP contribution in [-0.4, -0.2) is 29.4 Å². The van der Waals surface area contributed by atoms with Crippen molar-refractivity contribution < 1.29 is 19.5 Å². The van der Waals surface area contributed by atoms with Crippen LogP contribution in [0.3, 0.4) is 0 Å². The number of benzene rings is 1. The molecule has 0 heterocycles. The van der Waals surface area contributed by atoms with Crippen LogP contribution in [0.2, 0.25) is 0 Å². The molecule has 3 N–H and O–H groups in total. The minimum Gasteiger partial charge on any atom is -0.481 e. The molecule has 0 aliphatic heterocycles. The van der Waals surface area contributed by atoms with Gasteiger partial charge in [-0.15, -0.1) is 0 Å². The molecule has 0 radical (unpaired) electrons. The molecule has 25 heavy (non-hydrogen) atoms. The van der Waals surface area contributed by atoms with Crippen molar-refractivity contribution in [3.8, 4) is 0 Å². The van der Waals surface area contributed by atoms with Crippen LogP contribution in [0, 0.1) is 11.8 Å². The zero-order valence-corrected chi connectivity index (χ0v) is 14.6. The Labute approximate surface area is 148 Å². The standard InChI is InChI=1S/C19H26N2O4/c1-13(12-14-4-2-3-5-14)18(24)21-16-8-6-15(7-9-16)19(25)20-11-10-17(22)23/h6-9,13-14H,2-5,10-12H2,1H3,(H,20,25)(H,21,24)(H,22,23). The van der Waals surface area contributed by atoms with Gasteiger partial charge in [0.25, 0.3) is 5.91 Å². The Morgan fingerprint density at radius 1 is 1.16 bits per heavy atom.